The molecular weight excluding hydrogens is 546 g/mol. The van der Waals surface area contributed by atoms with E-state index in [2.05, 4.69) is 31.8 Å². The maximum Gasteiger partial charge on any atom is 0.343 e. The molecule has 0 aliphatic heterocycles. The number of amides is 2. The third-order valence-corrected chi connectivity index (χ3v) is 5.44. The van der Waals surface area contributed by atoms with E-state index in [4.69, 9.17) is 18.9 Å². The van der Waals surface area contributed by atoms with Gasteiger partial charge in [0, 0.05) is 15.6 Å². The van der Waals surface area contributed by atoms with Crippen LogP contribution in [0.2, 0.25) is 0 Å². The smallest absolute Gasteiger partial charge is 0.343 e. The summed E-state index contributed by atoms with van der Waals surface area (Å²) in [5.41, 5.74) is 3.40. The quantitative estimate of drug-likeness (QED) is 0.165. The number of hydrogen-bond acceptors (Lipinski definition) is 8. The van der Waals surface area contributed by atoms with Gasteiger partial charge in [0.05, 0.1) is 39.7 Å². The lowest BCUT2D eigenvalue weighted by Crippen LogP contribution is -2.34. The first kappa shape index (κ1) is 27.2. The van der Waals surface area contributed by atoms with Crippen molar-refractivity contribution in [2.45, 2.75) is 0 Å². The van der Waals surface area contributed by atoms with E-state index in [-0.39, 0.29) is 12.3 Å². The summed E-state index contributed by atoms with van der Waals surface area (Å²) in [6, 6.07) is 16.1. The van der Waals surface area contributed by atoms with Crippen LogP contribution in [0.25, 0.3) is 0 Å². The molecule has 2 N–H and O–H groups in total. The Hall–Kier alpha value is -4.38. The average Bonchev–Trinajstić information content (AvgIpc) is 2.92. The Morgan fingerprint density at radius 2 is 1.51 bits per heavy atom. The Morgan fingerprint density at radius 3 is 2.19 bits per heavy atom. The van der Waals surface area contributed by atoms with Gasteiger partial charge >= 0.3 is 5.97 Å². The van der Waals surface area contributed by atoms with Crippen LogP contribution in [-0.4, -0.2) is 51.9 Å². The van der Waals surface area contributed by atoms with E-state index in [0.717, 1.165) is 0 Å². The molecule has 0 spiro atoms. The van der Waals surface area contributed by atoms with Gasteiger partial charge in [-0.25, -0.2) is 10.2 Å². The molecular formula is C26H24BrN3O7. The molecule has 3 rings (SSSR count). The zero-order chi connectivity index (χ0) is 26.8. The lowest BCUT2D eigenvalue weighted by Gasteiger charge is -2.10. The number of ether oxygens (including phenoxy) is 4. The van der Waals surface area contributed by atoms with Crippen LogP contribution in [0.15, 0.2) is 70.2 Å². The molecule has 0 saturated heterocycles. The SMILES string of the molecule is COc1ccc(C(=O)Oc2ccc(Br)cc2C=NNC(=O)CNC(=O)c2ccc(OC)c(OC)c2)cc1. The number of esters is 1. The normalized spacial score (nSPS) is 10.5. The number of hydrogen-bond donors (Lipinski definition) is 2. The van der Waals surface area contributed by atoms with Gasteiger partial charge in [-0.05, 0) is 60.7 Å². The molecule has 0 bridgehead atoms. The molecule has 0 atom stereocenters. The molecule has 0 aliphatic rings. The summed E-state index contributed by atoms with van der Waals surface area (Å²) in [6.07, 6.45) is 1.33. The van der Waals surface area contributed by atoms with Crippen LogP contribution >= 0.6 is 15.9 Å². The van der Waals surface area contributed by atoms with Crippen LogP contribution in [0.3, 0.4) is 0 Å². The molecule has 37 heavy (non-hydrogen) atoms. The van der Waals surface area contributed by atoms with Crippen molar-refractivity contribution < 1.29 is 33.3 Å². The molecule has 2 amide bonds. The van der Waals surface area contributed by atoms with Crippen LogP contribution in [0.4, 0.5) is 0 Å². The van der Waals surface area contributed by atoms with Crippen molar-refractivity contribution in [1.29, 1.82) is 0 Å². The first-order chi connectivity index (χ1) is 17.8. The molecule has 0 fully saturated rings. The number of nitrogens with zero attached hydrogens (tertiary/aromatic N) is 1. The van der Waals surface area contributed by atoms with E-state index >= 15 is 0 Å². The fourth-order valence-electron chi connectivity index (χ4n) is 3.05. The second-order valence-corrected chi connectivity index (χ2v) is 8.26. The Labute approximate surface area is 221 Å². The fraction of sp³-hybridized carbons (Fsp3) is 0.154. The minimum Gasteiger partial charge on any atom is -0.497 e. The van der Waals surface area contributed by atoms with Crippen molar-refractivity contribution in [2.24, 2.45) is 5.10 Å². The number of benzene rings is 3. The van der Waals surface area contributed by atoms with Gasteiger partial charge < -0.3 is 24.3 Å². The number of methoxy groups -OCH3 is 3. The molecule has 0 heterocycles. The third-order valence-electron chi connectivity index (χ3n) is 4.95. The highest BCUT2D eigenvalue weighted by Crippen LogP contribution is 2.27. The number of halogens is 1. The molecule has 11 heteroatoms. The van der Waals surface area contributed by atoms with Gasteiger partial charge in [0.25, 0.3) is 11.8 Å². The van der Waals surface area contributed by atoms with Crippen LogP contribution in [0.1, 0.15) is 26.3 Å². The van der Waals surface area contributed by atoms with E-state index in [1.807, 2.05) is 0 Å². The predicted octanol–water partition coefficient (Wildman–Crippen LogP) is 3.57. The summed E-state index contributed by atoms with van der Waals surface area (Å²) in [5.74, 6) is 0.125. The van der Waals surface area contributed by atoms with E-state index in [1.54, 1.807) is 54.6 Å². The van der Waals surface area contributed by atoms with Crippen molar-refractivity contribution >= 4 is 39.9 Å². The van der Waals surface area contributed by atoms with Crippen LogP contribution < -0.4 is 29.7 Å². The highest BCUT2D eigenvalue weighted by atomic mass is 79.9. The Balaban J connectivity index is 1.59. The molecule has 0 aromatic heterocycles. The fourth-order valence-corrected chi connectivity index (χ4v) is 3.43. The minimum absolute atomic E-state index is 0.240. The zero-order valence-corrected chi connectivity index (χ0v) is 21.8. The highest BCUT2D eigenvalue weighted by molar-refractivity contribution is 9.10. The van der Waals surface area contributed by atoms with Crippen LogP contribution in [0, 0.1) is 0 Å². The second-order valence-electron chi connectivity index (χ2n) is 7.35. The summed E-state index contributed by atoms with van der Waals surface area (Å²) < 4.78 is 21.6. The topological polar surface area (TPSA) is 125 Å². The van der Waals surface area contributed by atoms with Crippen LogP contribution in [-0.2, 0) is 4.79 Å². The molecule has 0 unspecified atom stereocenters. The van der Waals surface area contributed by atoms with E-state index in [1.165, 1.54) is 33.6 Å². The zero-order valence-electron chi connectivity index (χ0n) is 20.2. The number of carbonyl (C=O) groups is 3. The standard InChI is InChI=1S/C26H24BrN3O7/c1-34-20-8-4-16(5-9-20)26(33)37-21-11-7-19(27)12-18(21)14-29-30-24(31)15-28-25(32)17-6-10-22(35-2)23(13-17)36-3/h4-14H,15H2,1-3H3,(H,28,32)(H,30,31). The predicted molar refractivity (Wildman–Crippen MR) is 140 cm³/mol. The van der Waals surface area contributed by atoms with Crippen molar-refractivity contribution in [3.05, 3.63) is 81.8 Å². The summed E-state index contributed by atoms with van der Waals surface area (Å²) >= 11 is 3.36. The van der Waals surface area contributed by atoms with Gasteiger partial charge in [-0.15, -0.1) is 0 Å². The molecule has 3 aromatic rings. The highest BCUT2D eigenvalue weighted by Gasteiger charge is 2.13. The molecule has 192 valence electrons. The Morgan fingerprint density at radius 1 is 0.838 bits per heavy atom. The van der Waals surface area contributed by atoms with Crippen LogP contribution in [0.5, 0.6) is 23.0 Å². The van der Waals surface area contributed by atoms with Gasteiger partial charge in [0.15, 0.2) is 11.5 Å². The number of rotatable bonds is 10. The minimum atomic E-state index is -0.568. The molecule has 0 aliphatic carbocycles. The Bertz CT molecular complexity index is 1310. The van der Waals surface area contributed by atoms with Crippen molar-refractivity contribution in [2.75, 3.05) is 27.9 Å². The van der Waals surface area contributed by atoms with Crippen molar-refractivity contribution in [3.63, 3.8) is 0 Å². The molecule has 0 radical (unpaired) electrons. The maximum absolute atomic E-state index is 12.5. The van der Waals surface area contributed by atoms with E-state index < -0.39 is 17.8 Å². The van der Waals surface area contributed by atoms with Gasteiger partial charge in [0.2, 0.25) is 0 Å². The first-order valence-corrected chi connectivity index (χ1v) is 11.6. The van der Waals surface area contributed by atoms with E-state index in [0.29, 0.717) is 38.4 Å². The van der Waals surface area contributed by atoms with Gasteiger partial charge in [-0.3, -0.25) is 9.59 Å². The lowest BCUT2D eigenvalue weighted by atomic mass is 10.2. The number of nitrogens with one attached hydrogen (secondary N) is 2. The first-order valence-electron chi connectivity index (χ1n) is 10.8. The largest absolute Gasteiger partial charge is 0.497 e. The average molecular weight is 570 g/mol. The summed E-state index contributed by atoms with van der Waals surface area (Å²) in [5, 5.41) is 6.41. The number of hydrazone groups is 1. The monoisotopic (exact) mass is 569 g/mol. The Kier molecular flexibility index (Phi) is 9.61. The third kappa shape index (κ3) is 7.55. The summed E-state index contributed by atoms with van der Waals surface area (Å²) in [4.78, 5) is 37.1. The van der Waals surface area contributed by atoms with Crippen molar-refractivity contribution in [3.8, 4) is 23.0 Å². The number of carbonyl (C=O) groups excluding carboxylic acids is 3. The second kappa shape index (κ2) is 13.1. The van der Waals surface area contributed by atoms with Crippen molar-refractivity contribution in [1.82, 2.24) is 10.7 Å². The summed E-state index contributed by atoms with van der Waals surface area (Å²) in [7, 11) is 4.48. The molecule has 10 nitrogen and oxygen atoms in total. The van der Waals surface area contributed by atoms with Gasteiger partial charge in [0.1, 0.15) is 11.5 Å². The van der Waals surface area contributed by atoms with E-state index in [9.17, 15) is 14.4 Å². The molecule has 0 saturated carbocycles. The van der Waals surface area contributed by atoms with Gasteiger partial charge in [-0.2, -0.15) is 5.10 Å². The molecule has 3 aromatic carbocycles. The summed E-state index contributed by atoms with van der Waals surface area (Å²) in [6.45, 7) is -0.317. The lowest BCUT2D eigenvalue weighted by molar-refractivity contribution is -0.120. The van der Waals surface area contributed by atoms with Gasteiger partial charge in [-0.1, -0.05) is 15.9 Å². The maximum atomic E-state index is 12.5.